The first-order valence-electron chi connectivity index (χ1n) is 7.41. The van der Waals surface area contributed by atoms with Gasteiger partial charge in [0.1, 0.15) is 5.82 Å². The van der Waals surface area contributed by atoms with Gasteiger partial charge >= 0.3 is 0 Å². The quantitative estimate of drug-likeness (QED) is 0.899. The fourth-order valence-corrected chi connectivity index (χ4v) is 2.89. The SMILES string of the molecule is Cc1cc(C)c(CO)c(N2CCN(C(C)(C)C)CC2)n1. The molecule has 1 fully saturated rings. The van der Waals surface area contributed by atoms with Crippen LogP contribution in [0.25, 0.3) is 0 Å². The van der Waals surface area contributed by atoms with Gasteiger partial charge in [0, 0.05) is 43.0 Å². The maximum atomic E-state index is 9.62. The van der Waals surface area contributed by atoms with E-state index in [1.54, 1.807) is 0 Å². The van der Waals surface area contributed by atoms with Gasteiger partial charge in [-0.25, -0.2) is 4.98 Å². The molecule has 1 aromatic rings. The van der Waals surface area contributed by atoms with Crippen LogP contribution in [0.5, 0.6) is 0 Å². The van der Waals surface area contributed by atoms with Gasteiger partial charge in [-0.2, -0.15) is 0 Å². The number of aryl methyl sites for hydroxylation is 2. The van der Waals surface area contributed by atoms with Gasteiger partial charge in [-0.05, 0) is 46.2 Å². The minimum Gasteiger partial charge on any atom is -0.392 e. The monoisotopic (exact) mass is 277 g/mol. The van der Waals surface area contributed by atoms with Gasteiger partial charge in [0.05, 0.1) is 6.61 Å². The molecule has 0 radical (unpaired) electrons. The summed E-state index contributed by atoms with van der Waals surface area (Å²) in [4.78, 5) is 9.48. The van der Waals surface area contributed by atoms with Crippen molar-refractivity contribution in [2.24, 2.45) is 0 Å². The summed E-state index contributed by atoms with van der Waals surface area (Å²) in [5.41, 5.74) is 3.35. The second-order valence-corrected chi connectivity index (χ2v) is 6.69. The van der Waals surface area contributed by atoms with E-state index in [9.17, 15) is 5.11 Å². The highest BCUT2D eigenvalue weighted by molar-refractivity contribution is 5.51. The number of piperazine rings is 1. The molecule has 0 aliphatic carbocycles. The Bertz CT molecular complexity index is 471. The van der Waals surface area contributed by atoms with Gasteiger partial charge in [0.25, 0.3) is 0 Å². The molecule has 0 atom stereocenters. The van der Waals surface area contributed by atoms with Crippen molar-refractivity contribution in [1.29, 1.82) is 0 Å². The van der Waals surface area contributed by atoms with E-state index < -0.39 is 0 Å². The third-order valence-electron chi connectivity index (χ3n) is 4.14. The van der Waals surface area contributed by atoms with Crippen LogP contribution in [0, 0.1) is 13.8 Å². The van der Waals surface area contributed by atoms with Crippen LogP contribution in [0.1, 0.15) is 37.6 Å². The Morgan fingerprint density at radius 1 is 1.15 bits per heavy atom. The molecule has 0 spiro atoms. The van der Waals surface area contributed by atoms with E-state index >= 15 is 0 Å². The van der Waals surface area contributed by atoms with Crippen molar-refractivity contribution >= 4 is 5.82 Å². The van der Waals surface area contributed by atoms with E-state index in [4.69, 9.17) is 0 Å². The lowest BCUT2D eigenvalue weighted by atomic mass is 10.0. The minimum atomic E-state index is 0.0634. The first-order chi connectivity index (χ1) is 9.32. The number of rotatable bonds is 2. The Hall–Kier alpha value is -1.13. The molecule has 0 amide bonds. The van der Waals surface area contributed by atoms with Crippen molar-refractivity contribution in [3.05, 3.63) is 22.9 Å². The van der Waals surface area contributed by atoms with E-state index in [2.05, 4.69) is 42.5 Å². The van der Waals surface area contributed by atoms with E-state index in [1.807, 2.05) is 13.0 Å². The number of pyridine rings is 1. The molecular weight excluding hydrogens is 250 g/mol. The van der Waals surface area contributed by atoms with Crippen molar-refractivity contribution in [3.63, 3.8) is 0 Å². The van der Waals surface area contributed by atoms with Crippen LogP contribution in [0.2, 0.25) is 0 Å². The number of aliphatic hydroxyl groups is 1. The first-order valence-corrected chi connectivity index (χ1v) is 7.41. The molecule has 2 heterocycles. The molecule has 0 unspecified atom stereocenters. The number of aromatic nitrogens is 1. The van der Waals surface area contributed by atoms with Gasteiger partial charge in [-0.3, -0.25) is 4.90 Å². The molecule has 4 nitrogen and oxygen atoms in total. The van der Waals surface area contributed by atoms with E-state index in [0.29, 0.717) is 0 Å². The predicted molar refractivity (Wildman–Crippen MR) is 83.2 cm³/mol. The molecule has 1 saturated heterocycles. The Morgan fingerprint density at radius 3 is 2.25 bits per heavy atom. The summed E-state index contributed by atoms with van der Waals surface area (Å²) in [6, 6.07) is 2.04. The van der Waals surface area contributed by atoms with Crippen molar-refractivity contribution < 1.29 is 5.11 Å². The highest BCUT2D eigenvalue weighted by Crippen LogP contribution is 2.25. The Labute approximate surface area is 122 Å². The van der Waals surface area contributed by atoms with Gasteiger partial charge in [-0.1, -0.05) is 0 Å². The molecule has 1 aliphatic heterocycles. The zero-order valence-corrected chi connectivity index (χ0v) is 13.4. The molecule has 112 valence electrons. The average molecular weight is 277 g/mol. The van der Waals surface area contributed by atoms with Gasteiger partial charge in [0.2, 0.25) is 0 Å². The van der Waals surface area contributed by atoms with E-state index in [1.165, 1.54) is 0 Å². The molecular formula is C16H27N3O. The topological polar surface area (TPSA) is 39.6 Å². The lowest BCUT2D eigenvalue weighted by Crippen LogP contribution is -2.53. The zero-order valence-electron chi connectivity index (χ0n) is 13.4. The number of nitrogens with zero attached hydrogens (tertiary/aromatic N) is 3. The molecule has 1 aliphatic rings. The fraction of sp³-hybridized carbons (Fsp3) is 0.688. The van der Waals surface area contributed by atoms with Crippen LogP contribution < -0.4 is 4.90 Å². The van der Waals surface area contributed by atoms with Crippen molar-refractivity contribution in [1.82, 2.24) is 9.88 Å². The molecule has 2 rings (SSSR count). The van der Waals surface area contributed by atoms with Crippen molar-refractivity contribution in [2.75, 3.05) is 31.1 Å². The second kappa shape index (κ2) is 5.70. The number of anilines is 1. The molecule has 20 heavy (non-hydrogen) atoms. The predicted octanol–water partition coefficient (Wildman–Crippen LogP) is 2.11. The summed E-state index contributed by atoms with van der Waals surface area (Å²) in [6.45, 7) is 14.9. The van der Waals surface area contributed by atoms with Gasteiger partial charge in [-0.15, -0.1) is 0 Å². The van der Waals surface area contributed by atoms with Crippen LogP contribution in [0.15, 0.2) is 6.07 Å². The maximum Gasteiger partial charge on any atom is 0.134 e. The number of hydrogen-bond acceptors (Lipinski definition) is 4. The highest BCUT2D eigenvalue weighted by Gasteiger charge is 2.27. The molecule has 4 heteroatoms. The first kappa shape index (κ1) is 15.3. The van der Waals surface area contributed by atoms with Crippen LogP contribution in [0.3, 0.4) is 0 Å². The van der Waals surface area contributed by atoms with Gasteiger partial charge < -0.3 is 10.0 Å². The largest absolute Gasteiger partial charge is 0.392 e. The Kier molecular flexibility index (Phi) is 4.35. The van der Waals surface area contributed by atoms with Crippen molar-refractivity contribution in [2.45, 2.75) is 46.8 Å². The lowest BCUT2D eigenvalue weighted by Gasteiger charge is -2.43. The average Bonchev–Trinajstić information content (AvgIpc) is 2.37. The Morgan fingerprint density at radius 2 is 1.75 bits per heavy atom. The van der Waals surface area contributed by atoms with Gasteiger partial charge in [0.15, 0.2) is 0 Å². The normalized spacial score (nSPS) is 17.6. The summed E-state index contributed by atoms with van der Waals surface area (Å²) in [5.74, 6) is 0.971. The molecule has 0 saturated carbocycles. The summed E-state index contributed by atoms with van der Waals surface area (Å²) in [6.07, 6.45) is 0. The second-order valence-electron chi connectivity index (χ2n) is 6.69. The summed E-state index contributed by atoms with van der Waals surface area (Å²) in [7, 11) is 0. The summed E-state index contributed by atoms with van der Waals surface area (Å²) < 4.78 is 0. The van der Waals surface area contributed by atoms with E-state index in [0.717, 1.165) is 48.8 Å². The van der Waals surface area contributed by atoms with Crippen LogP contribution in [0.4, 0.5) is 5.82 Å². The van der Waals surface area contributed by atoms with Crippen molar-refractivity contribution in [3.8, 4) is 0 Å². The third-order valence-corrected chi connectivity index (χ3v) is 4.14. The third kappa shape index (κ3) is 3.13. The fourth-order valence-electron chi connectivity index (χ4n) is 2.89. The summed E-state index contributed by atoms with van der Waals surface area (Å²) in [5, 5.41) is 9.62. The highest BCUT2D eigenvalue weighted by atomic mass is 16.3. The van der Waals surface area contributed by atoms with Crippen LogP contribution >= 0.6 is 0 Å². The Balaban J connectivity index is 2.19. The molecule has 1 aromatic heterocycles. The van der Waals surface area contributed by atoms with Crippen LogP contribution in [-0.2, 0) is 6.61 Å². The molecule has 0 aromatic carbocycles. The maximum absolute atomic E-state index is 9.62. The number of hydrogen-bond donors (Lipinski definition) is 1. The number of aliphatic hydroxyl groups excluding tert-OH is 1. The molecule has 1 N–H and O–H groups in total. The zero-order chi connectivity index (χ0) is 14.9. The summed E-state index contributed by atoms with van der Waals surface area (Å²) >= 11 is 0. The van der Waals surface area contributed by atoms with Crippen LogP contribution in [-0.4, -0.2) is 46.7 Å². The lowest BCUT2D eigenvalue weighted by molar-refractivity contribution is 0.128. The standard InChI is InChI=1S/C16H27N3O/c1-12-10-13(2)17-15(14(12)11-20)18-6-8-19(9-7-18)16(3,4)5/h10,20H,6-9,11H2,1-5H3. The smallest absolute Gasteiger partial charge is 0.134 e. The minimum absolute atomic E-state index is 0.0634. The molecule has 0 bridgehead atoms. The van der Waals surface area contributed by atoms with E-state index in [-0.39, 0.29) is 12.1 Å².